The summed E-state index contributed by atoms with van der Waals surface area (Å²) in [5, 5.41) is 10.3. The fraction of sp³-hybridized carbons (Fsp3) is 0.412. The molecule has 1 aromatic carbocycles. The Balaban J connectivity index is 1.89. The minimum atomic E-state index is -0.322. The molecule has 4 heteroatoms. The number of ketones is 1. The maximum Gasteiger partial charge on any atom is 0.262 e. The SMILES string of the molecule is CCCc1ccc(/C(O)=C2/C(=O)CN(C3CC3)C2=O)cc1. The summed E-state index contributed by atoms with van der Waals surface area (Å²) in [5.41, 5.74) is 1.66. The van der Waals surface area contributed by atoms with Gasteiger partial charge in [-0.25, -0.2) is 0 Å². The van der Waals surface area contributed by atoms with E-state index in [1.165, 1.54) is 5.56 Å². The average Bonchev–Trinajstić information content (AvgIpc) is 3.26. The van der Waals surface area contributed by atoms with E-state index in [0.29, 0.717) is 5.56 Å². The predicted molar refractivity (Wildman–Crippen MR) is 79.7 cm³/mol. The summed E-state index contributed by atoms with van der Waals surface area (Å²) < 4.78 is 0. The van der Waals surface area contributed by atoms with Gasteiger partial charge in [-0.2, -0.15) is 0 Å². The molecule has 4 nitrogen and oxygen atoms in total. The Bertz CT molecular complexity index is 611. The van der Waals surface area contributed by atoms with Gasteiger partial charge in [-0.3, -0.25) is 9.59 Å². The number of amides is 1. The molecule has 0 spiro atoms. The lowest BCUT2D eigenvalue weighted by Crippen LogP contribution is -2.27. The molecule has 1 saturated carbocycles. The normalized spacial score (nSPS) is 21.1. The number of hydrogen-bond acceptors (Lipinski definition) is 3. The molecular formula is C17H19NO3. The monoisotopic (exact) mass is 285 g/mol. The van der Waals surface area contributed by atoms with Crippen molar-refractivity contribution in [2.45, 2.75) is 38.6 Å². The highest BCUT2D eigenvalue weighted by Crippen LogP contribution is 2.33. The molecule has 0 atom stereocenters. The molecule has 2 fully saturated rings. The molecule has 0 radical (unpaired) electrons. The van der Waals surface area contributed by atoms with E-state index < -0.39 is 0 Å². The van der Waals surface area contributed by atoms with Gasteiger partial charge < -0.3 is 10.0 Å². The zero-order chi connectivity index (χ0) is 15.0. The Morgan fingerprint density at radius 1 is 1.24 bits per heavy atom. The van der Waals surface area contributed by atoms with Crippen molar-refractivity contribution in [1.29, 1.82) is 0 Å². The highest BCUT2D eigenvalue weighted by molar-refractivity contribution is 6.28. The molecule has 2 aliphatic rings. The maximum absolute atomic E-state index is 12.3. The van der Waals surface area contributed by atoms with Gasteiger partial charge in [0.1, 0.15) is 11.3 Å². The van der Waals surface area contributed by atoms with Crippen molar-refractivity contribution in [2.75, 3.05) is 6.54 Å². The number of carbonyl (C=O) groups excluding carboxylic acids is 2. The summed E-state index contributed by atoms with van der Waals surface area (Å²) in [6.07, 6.45) is 3.95. The van der Waals surface area contributed by atoms with Gasteiger partial charge in [0.05, 0.1) is 6.54 Å². The van der Waals surface area contributed by atoms with Gasteiger partial charge >= 0.3 is 0 Å². The number of rotatable bonds is 4. The van der Waals surface area contributed by atoms with E-state index in [1.54, 1.807) is 17.0 Å². The third-order valence-corrected chi connectivity index (χ3v) is 4.06. The molecule has 1 heterocycles. The van der Waals surface area contributed by atoms with Crippen LogP contribution >= 0.6 is 0 Å². The van der Waals surface area contributed by atoms with E-state index in [0.717, 1.165) is 25.7 Å². The van der Waals surface area contributed by atoms with Crippen LogP contribution in [0.3, 0.4) is 0 Å². The van der Waals surface area contributed by atoms with Gasteiger partial charge in [0.2, 0.25) is 0 Å². The Hall–Kier alpha value is -2.10. The largest absolute Gasteiger partial charge is 0.506 e. The second kappa shape index (κ2) is 5.35. The Labute approximate surface area is 124 Å². The number of nitrogens with zero attached hydrogens (tertiary/aromatic N) is 1. The quantitative estimate of drug-likeness (QED) is 0.525. The number of aliphatic hydroxyl groups is 1. The van der Waals surface area contributed by atoms with Crippen molar-refractivity contribution in [1.82, 2.24) is 4.90 Å². The van der Waals surface area contributed by atoms with E-state index >= 15 is 0 Å². The van der Waals surface area contributed by atoms with E-state index in [-0.39, 0.29) is 35.6 Å². The third-order valence-electron chi connectivity index (χ3n) is 4.06. The third kappa shape index (κ3) is 2.58. The van der Waals surface area contributed by atoms with Gasteiger partial charge in [-0.05, 0) is 24.8 Å². The molecule has 1 amide bonds. The first-order valence-corrected chi connectivity index (χ1v) is 7.48. The Morgan fingerprint density at radius 3 is 2.48 bits per heavy atom. The zero-order valence-corrected chi connectivity index (χ0v) is 12.1. The van der Waals surface area contributed by atoms with Gasteiger partial charge in [0, 0.05) is 11.6 Å². The standard InChI is InChI=1S/C17H19NO3/c1-2-3-11-4-6-12(7-5-11)16(20)15-14(19)10-18(17(15)21)13-8-9-13/h4-7,13,20H,2-3,8-10H2,1H3/b16-15+. The van der Waals surface area contributed by atoms with Gasteiger partial charge in [-0.15, -0.1) is 0 Å². The first-order chi connectivity index (χ1) is 10.1. The molecule has 0 bridgehead atoms. The van der Waals surface area contributed by atoms with Crippen LogP contribution in [-0.4, -0.2) is 34.3 Å². The molecule has 0 aromatic heterocycles. The predicted octanol–water partition coefficient (Wildman–Crippen LogP) is 2.48. The minimum absolute atomic E-state index is 0.0508. The number of likely N-dealkylation sites (tertiary alicyclic amines) is 1. The first-order valence-electron chi connectivity index (χ1n) is 7.48. The van der Waals surface area contributed by atoms with Crippen molar-refractivity contribution in [2.24, 2.45) is 0 Å². The number of aryl methyl sites for hydroxylation is 1. The molecule has 1 aromatic rings. The number of hydrogen-bond donors (Lipinski definition) is 1. The first kappa shape index (κ1) is 13.9. The van der Waals surface area contributed by atoms with Crippen LogP contribution in [0.2, 0.25) is 0 Å². The van der Waals surface area contributed by atoms with Crippen molar-refractivity contribution < 1.29 is 14.7 Å². The smallest absolute Gasteiger partial charge is 0.262 e. The molecule has 3 rings (SSSR count). The number of benzene rings is 1. The summed E-state index contributed by atoms with van der Waals surface area (Å²) in [7, 11) is 0. The summed E-state index contributed by atoms with van der Waals surface area (Å²) in [6, 6.07) is 7.59. The molecule has 1 aliphatic carbocycles. The van der Waals surface area contributed by atoms with Crippen LogP contribution in [0.15, 0.2) is 29.8 Å². The van der Waals surface area contributed by atoms with E-state index in [9.17, 15) is 14.7 Å². The number of carbonyl (C=O) groups is 2. The van der Waals surface area contributed by atoms with Crippen LogP contribution < -0.4 is 0 Å². The topological polar surface area (TPSA) is 57.6 Å². The lowest BCUT2D eigenvalue weighted by Gasteiger charge is -2.12. The number of Topliss-reactive ketones (excluding diaryl/α,β-unsaturated/α-hetero) is 1. The van der Waals surface area contributed by atoms with Gasteiger partial charge in [0.25, 0.3) is 5.91 Å². The average molecular weight is 285 g/mol. The Morgan fingerprint density at radius 2 is 1.90 bits per heavy atom. The van der Waals surface area contributed by atoms with Crippen molar-refractivity contribution >= 4 is 17.4 Å². The van der Waals surface area contributed by atoms with Crippen LogP contribution in [0, 0.1) is 0 Å². The van der Waals surface area contributed by atoms with E-state index in [2.05, 4.69) is 6.92 Å². The van der Waals surface area contributed by atoms with Gasteiger partial charge in [0.15, 0.2) is 5.78 Å². The fourth-order valence-corrected chi connectivity index (χ4v) is 2.75. The summed E-state index contributed by atoms with van der Waals surface area (Å²) in [4.78, 5) is 25.9. The second-order valence-electron chi connectivity index (χ2n) is 5.76. The zero-order valence-electron chi connectivity index (χ0n) is 12.1. The van der Waals surface area contributed by atoms with E-state index in [1.807, 2.05) is 12.1 Å². The highest BCUT2D eigenvalue weighted by atomic mass is 16.3. The fourth-order valence-electron chi connectivity index (χ4n) is 2.75. The summed E-state index contributed by atoms with van der Waals surface area (Å²) >= 11 is 0. The number of aliphatic hydroxyl groups excluding tert-OH is 1. The lowest BCUT2D eigenvalue weighted by molar-refractivity contribution is -0.125. The molecule has 110 valence electrons. The van der Waals surface area contributed by atoms with Crippen LogP contribution in [0.1, 0.15) is 37.3 Å². The van der Waals surface area contributed by atoms with Gasteiger partial charge in [-0.1, -0.05) is 37.6 Å². The Kier molecular flexibility index (Phi) is 3.53. The van der Waals surface area contributed by atoms with Crippen LogP contribution in [0.25, 0.3) is 5.76 Å². The molecule has 0 unspecified atom stereocenters. The highest BCUT2D eigenvalue weighted by Gasteiger charge is 2.43. The molecule has 1 N–H and O–H groups in total. The van der Waals surface area contributed by atoms with Crippen LogP contribution in [-0.2, 0) is 16.0 Å². The molecular weight excluding hydrogens is 266 g/mol. The van der Waals surface area contributed by atoms with Crippen molar-refractivity contribution in [3.05, 3.63) is 41.0 Å². The lowest BCUT2D eigenvalue weighted by atomic mass is 10.0. The molecule has 21 heavy (non-hydrogen) atoms. The van der Waals surface area contributed by atoms with E-state index in [4.69, 9.17) is 0 Å². The van der Waals surface area contributed by atoms with Crippen LogP contribution in [0.5, 0.6) is 0 Å². The molecule has 1 aliphatic heterocycles. The minimum Gasteiger partial charge on any atom is -0.506 e. The van der Waals surface area contributed by atoms with Crippen molar-refractivity contribution in [3.8, 4) is 0 Å². The van der Waals surface area contributed by atoms with Crippen LogP contribution in [0.4, 0.5) is 0 Å². The maximum atomic E-state index is 12.3. The summed E-state index contributed by atoms with van der Waals surface area (Å²) in [5.74, 6) is -0.782. The second-order valence-corrected chi connectivity index (χ2v) is 5.76. The summed E-state index contributed by atoms with van der Waals surface area (Å²) in [6.45, 7) is 2.21. The van der Waals surface area contributed by atoms with Crippen molar-refractivity contribution in [3.63, 3.8) is 0 Å². The molecule has 1 saturated heterocycles.